The van der Waals surface area contributed by atoms with Crippen LogP contribution in [-0.4, -0.2) is 68.0 Å². The lowest BCUT2D eigenvalue weighted by molar-refractivity contribution is -0.438. The summed E-state index contributed by atoms with van der Waals surface area (Å²) < 4.78 is 167. The maximum absolute atomic E-state index is 14.8. The van der Waals surface area contributed by atoms with Crippen LogP contribution in [-0.2, 0) is 30.8 Å². The van der Waals surface area contributed by atoms with E-state index in [1.165, 1.54) is 55.5 Å². The minimum atomic E-state index is -7.43. The Labute approximate surface area is 419 Å². The number of anilines is 1. The van der Waals surface area contributed by atoms with Gasteiger partial charge in [0.05, 0.1) is 15.2 Å². The van der Waals surface area contributed by atoms with Crippen LogP contribution in [0.4, 0.5) is 50.9 Å². The number of hydrogen-bond donors (Lipinski definition) is 0. The third-order valence-electron chi connectivity index (χ3n) is 13.9. The fourth-order valence-electron chi connectivity index (χ4n) is 10.1. The average molecular weight is 1060 g/mol. The van der Waals surface area contributed by atoms with Gasteiger partial charge in [0.2, 0.25) is 15.5 Å². The molecule has 7 nitrogen and oxygen atoms in total. The summed E-state index contributed by atoms with van der Waals surface area (Å²) in [6.45, 7) is 15.6. The number of benzene rings is 5. The molecular weight excluding hydrogens is 1000 g/mol. The Morgan fingerprint density at radius 2 is 1.21 bits per heavy atom. The van der Waals surface area contributed by atoms with E-state index in [2.05, 4.69) is 148 Å². The van der Waals surface area contributed by atoms with Crippen LogP contribution in [0.5, 0.6) is 0 Å². The predicted molar refractivity (Wildman–Crippen MR) is 267 cm³/mol. The summed E-state index contributed by atoms with van der Waals surface area (Å²) in [5, 5.41) is -2.06. The normalized spacial score (nSPS) is 18.4. The Kier molecular flexibility index (Phi) is 15.0. The smallest absolute Gasteiger partial charge is 0.460 e. The van der Waals surface area contributed by atoms with Crippen molar-refractivity contribution >= 4 is 58.6 Å². The van der Waals surface area contributed by atoms with Crippen LogP contribution in [0, 0.1) is 0 Å². The fourth-order valence-corrected chi connectivity index (χ4v) is 12.4. The van der Waals surface area contributed by atoms with Crippen LogP contribution >= 0.6 is 0 Å². The first kappa shape index (κ1) is 55.0. The second-order valence-corrected chi connectivity index (χ2v) is 22.7. The van der Waals surface area contributed by atoms with Gasteiger partial charge in [0, 0.05) is 47.5 Å². The molecule has 0 aromatic heterocycles. The summed E-state index contributed by atoms with van der Waals surface area (Å²) in [6, 6.07) is 35.4. The van der Waals surface area contributed by atoms with Crippen molar-refractivity contribution in [2.45, 2.75) is 119 Å². The molecule has 0 bridgehead atoms. The minimum absolute atomic E-state index is 0.268. The first-order valence-corrected chi connectivity index (χ1v) is 26.6. The molecule has 2 aliphatic heterocycles. The van der Waals surface area contributed by atoms with Gasteiger partial charge in [-0.1, -0.05) is 125 Å². The largest absolute Gasteiger partial charge is 0.743 e. The number of sulfone groups is 1. The second-order valence-electron chi connectivity index (χ2n) is 19.4. The molecule has 0 radical (unpaired) electrons. The lowest BCUT2D eigenvalue weighted by Gasteiger charge is -2.34. The van der Waals surface area contributed by atoms with E-state index in [4.69, 9.17) is 0 Å². The van der Waals surface area contributed by atoms with Gasteiger partial charge in [-0.15, -0.1) is 0 Å². The standard InChI is InChI=1S/C51H55N2O2S.C4HF9O3S/c1-7-9-34-52-43-30-26-36-18-14-16-22-41(36)47(43)50(3,4)45(52)32-28-38-24-25-39(49(38)56(54,55)40-20-12-11-13-21-40)29-33-46-51(5,6)48-42-23-17-15-19-37(42)27-31-44(48)53(46)35-10-8-2;5-1(6,3(9,10)11)2(7,8)4(12,13)17(14,15)16/h11-23,26-33H,7-10,24-25,34-35H2,1-6H3;(H,14,15,16)/q+1;/p-1. The van der Waals surface area contributed by atoms with E-state index in [0.717, 1.165) is 49.9 Å². The minimum Gasteiger partial charge on any atom is -0.743 e. The highest BCUT2D eigenvalue weighted by molar-refractivity contribution is 7.95. The zero-order chi connectivity index (χ0) is 53.7. The summed E-state index contributed by atoms with van der Waals surface area (Å²) in [5.41, 5.74) is 8.84. The van der Waals surface area contributed by atoms with Crippen LogP contribution in [0.2, 0.25) is 0 Å². The van der Waals surface area contributed by atoms with Crippen molar-refractivity contribution in [2.24, 2.45) is 0 Å². The van der Waals surface area contributed by atoms with Crippen molar-refractivity contribution in [1.29, 1.82) is 0 Å². The van der Waals surface area contributed by atoms with Crippen LogP contribution in [0.15, 0.2) is 154 Å². The van der Waals surface area contributed by atoms with Gasteiger partial charge >= 0.3 is 23.3 Å². The number of unbranched alkanes of at least 4 members (excludes halogenated alkanes) is 2. The van der Waals surface area contributed by atoms with Crippen LogP contribution in [0.25, 0.3) is 21.5 Å². The number of fused-ring (bicyclic) bond motifs is 6. The Hall–Kier alpha value is -5.72. The molecule has 1 aliphatic carbocycles. The number of alkyl halides is 9. The molecule has 3 aliphatic rings. The molecule has 0 amide bonds. The van der Waals surface area contributed by atoms with E-state index in [9.17, 15) is 60.9 Å². The third-order valence-corrected chi connectivity index (χ3v) is 16.7. The lowest BCUT2D eigenvalue weighted by atomic mass is 9.79. The molecule has 0 saturated heterocycles. The molecule has 0 saturated carbocycles. The molecule has 0 atom stereocenters. The van der Waals surface area contributed by atoms with E-state index in [-0.39, 0.29) is 10.8 Å². The van der Waals surface area contributed by atoms with E-state index >= 15 is 0 Å². The van der Waals surface area contributed by atoms with Crippen LogP contribution in [0.1, 0.15) is 91.2 Å². The van der Waals surface area contributed by atoms with Crippen LogP contribution in [0.3, 0.4) is 0 Å². The third kappa shape index (κ3) is 9.56. The van der Waals surface area contributed by atoms with Gasteiger partial charge in [-0.3, -0.25) is 0 Å². The Morgan fingerprint density at radius 1 is 0.644 bits per heavy atom. The molecule has 0 fully saturated rings. The monoisotopic (exact) mass is 1060 g/mol. The summed E-state index contributed by atoms with van der Waals surface area (Å²) in [6.07, 6.45) is 7.23. The summed E-state index contributed by atoms with van der Waals surface area (Å²) in [7, 11) is -11.2. The van der Waals surface area contributed by atoms with Crippen molar-refractivity contribution in [2.75, 3.05) is 18.0 Å². The lowest BCUT2D eigenvalue weighted by Crippen LogP contribution is -2.63. The van der Waals surface area contributed by atoms with Gasteiger partial charge in [0.15, 0.2) is 15.8 Å². The van der Waals surface area contributed by atoms with Gasteiger partial charge in [-0.05, 0) is 102 Å². The topological polar surface area (TPSA) is 97.6 Å². The Morgan fingerprint density at radius 3 is 1.78 bits per heavy atom. The molecule has 0 spiro atoms. The summed E-state index contributed by atoms with van der Waals surface area (Å²) >= 11 is 0. The first-order valence-electron chi connectivity index (χ1n) is 23.8. The van der Waals surface area contributed by atoms with E-state index < -0.39 is 43.2 Å². The highest BCUT2D eigenvalue weighted by Gasteiger charge is 2.83. The predicted octanol–water partition coefficient (Wildman–Crippen LogP) is 14.6. The van der Waals surface area contributed by atoms with Crippen molar-refractivity contribution in [1.82, 2.24) is 0 Å². The Bertz CT molecular complexity index is 3340. The number of hydrogen-bond acceptors (Lipinski definition) is 6. The van der Waals surface area contributed by atoms with Crippen molar-refractivity contribution in [3.8, 4) is 0 Å². The molecule has 2 heterocycles. The van der Waals surface area contributed by atoms with Gasteiger partial charge in [0.25, 0.3) is 0 Å². The number of rotatable bonds is 14. The molecule has 0 unspecified atom stereocenters. The zero-order valence-corrected chi connectivity index (χ0v) is 42.6. The van der Waals surface area contributed by atoms with Gasteiger partial charge < -0.3 is 9.45 Å². The molecule has 5 aromatic carbocycles. The SMILES string of the molecule is CCCCN1C(=CC=C2CCC(C=CC3=[N+](CCCC)c4ccc5ccccc5c4C3(C)C)=C2S(=O)(=O)c2ccccc2)C(C)(C)c2c1ccc1ccccc21.O=S(=O)([O-])C(F)(F)C(F)(F)C(F)(F)C(F)(F)F. The molecule has 73 heavy (non-hydrogen) atoms. The van der Waals surface area contributed by atoms with E-state index in [1.54, 1.807) is 12.1 Å². The number of allylic oxidation sites excluding steroid dienone is 7. The molecule has 0 N–H and O–H groups in total. The average Bonchev–Trinajstić information content (AvgIpc) is 3.92. The maximum atomic E-state index is 14.8. The van der Waals surface area contributed by atoms with Crippen molar-refractivity contribution < 1.29 is 65.5 Å². The fraction of sp³-hybridized carbons (Fsp3) is 0.364. The quantitative estimate of drug-likeness (QED) is 0.0624. The molecule has 8 rings (SSSR count). The summed E-state index contributed by atoms with van der Waals surface area (Å²) in [5.74, 6) is -14.8. The van der Waals surface area contributed by atoms with Gasteiger partial charge in [-0.25, -0.2) is 16.8 Å². The Balaban J connectivity index is 0.000000394. The van der Waals surface area contributed by atoms with Crippen molar-refractivity contribution in [3.05, 3.63) is 160 Å². The zero-order valence-electron chi connectivity index (χ0n) is 40.9. The van der Waals surface area contributed by atoms with E-state index in [1.807, 2.05) is 18.2 Å². The van der Waals surface area contributed by atoms with Gasteiger partial charge in [0.1, 0.15) is 6.54 Å². The molecule has 5 aromatic rings. The number of nitrogens with zero attached hydrogens (tertiary/aromatic N) is 2. The summed E-state index contributed by atoms with van der Waals surface area (Å²) in [4.78, 5) is 3.27. The maximum Gasteiger partial charge on any atom is 0.460 e. The molecule has 390 valence electrons. The molecule has 18 heteroatoms. The van der Waals surface area contributed by atoms with E-state index in [0.29, 0.717) is 22.6 Å². The number of halogens is 9. The van der Waals surface area contributed by atoms with Crippen molar-refractivity contribution in [3.63, 3.8) is 0 Å². The van der Waals surface area contributed by atoms with Crippen LogP contribution < -0.4 is 4.90 Å². The second kappa shape index (κ2) is 19.9. The first-order chi connectivity index (χ1) is 34.0. The highest BCUT2D eigenvalue weighted by Crippen LogP contribution is 2.55. The van der Waals surface area contributed by atoms with Gasteiger partial charge in [-0.2, -0.15) is 44.1 Å². The molecular formula is C55H55F9N2O5S2. The highest BCUT2D eigenvalue weighted by atomic mass is 32.2.